The summed E-state index contributed by atoms with van der Waals surface area (Å²) in [7, 11) is 0. The van der Waals surface area contributed by atoms with E-state index >= 15 is 0 Å². The molecule has 2 nitrogen and oxygen atoms in total. The van der Waals surface area contributed by atoms with Crippen molar-refractivity contribution in [1.29, 1.82) is 0 Å². The van der Waals surface area contributed by atoms with E-state index in [-0.39, 0.29) is 11.7 Å². The van der Waals surface area contributed by atoms with Crippen LogP contribution in [0.25, 0.3) is 0 Å². The molecule has 0 spiro atoms. The first-order valence-electron chi connectivity index (χ1n) is 8.56. The molecular formula is C20H22F3NO. The molecule has 0 aliphatic carbocycles. The van der Waals surface area contributed by atoms with Gasteiger partial charge >= 0.3 is 0 Å². The molecule has 2 aromatic rings. The van der Waals surface area contributed by atoms with Crippen molar-refractivity contribution in [3.05, 3.63) is 71.0 Å². The lowest BCUT2D eigenvalue weighted by Gasteiger charge is -2.32. The van der Waals surface area contributed by atoms with E-state index in [0.29, 0.717) is 18.7 Å². The second kappa shape index (κ2) is 8.50. The SMILES string of the molecule is Fc1ccc(C(F)F)cc1CN1CCC(OCc2ccccc2)CC1. The fraction of sp³-hybridized carbons (Fsp3) is 0.400. The van der Waals surface area contributed by atoms with Gasteiger partial charge in [-0.25, -0.2) is 13.2 Å². The fourth-order valence-corrected chi connectivity index (χ4v) is 3.11. The number of hydrogen-bond acceptors (Lipinski definition) is 2. The van der Waals surface area contributed by atoms with Gasteiger partial charge in [-0.05, 0) is 30.5 Å². The van der Waals surface area contributed by atoms with Crippen molar-refractivity contribution in [1.82, 2.24) is 4.90 Å². The monoisotopic (exact) mass is 349 g/mol. The smallest absolute Gasteiger partial charge is 0.263 e. The van der Waals surface area contributed by atoms with E-state index in [1.54, 1.807) is 0 Å². The second-order valence-electron chi connectivity index (χ2n) is 6.42. The van der Waals surface area contributed by atoms with Gasteiger partial charge < -0.3 is 4.74 Å². The minimum absolute atomic E-state index is 0.127. The summed E-state index contributed by atoms with van der Waals surface area (Å²) < 4.78 is 45.4. The molecule has 5 heteroatoms. The summed E-state index contributed by atoms with van der Waals surface area (Å²) in [6.07, 6.45) is -0.656. The maximum atomic E-state index is 13.9. The largest absolute Gasteiger partial charge is 0.373 e. The van der Waals surface area contributed by atoms with Crippen LogP contribution in [0.15, 0.2) is 48.5 Å². The van der Waals surface area contributed by atoms with Crippen LogP contribution in [0.5, 0.6) is 0 Å². The number of ether oxygens (including phenoxy) is 1. The van der Waals surface area contributed by atoms with Crippen molar-refractivity contribution >= 4 is 0 Å². The highest BCUT2D eigenvalue weighted by molar-refractivity contribution is 5.26. The average molecular weight is 349 g/mol. The zero-order valence-electron chi connectivity index (χ0n) is 14.0. The fourth-order valence-electron chi connectivity index (χ4n) is 3.11. The van der Waals surface area contributed by atoms with E-state index in [2.05, 4.69) is 4.90 Å². The number of benzene rings is 2. The van der Waals surface area contributed by atoms with E-state index in [4.69, 9.17) is 4.74 Å². The Labute approximate surface area is 146 Å². The van der Waals surface area contributed by atoms with E-state index in [9.17, 15) is 13.2 Å². The van der Waals surface area contributed by atoms with Crippen molar-refractivity contribution in [3.63, 3.8) is 0 Å². The number of alkyl halides is 2. The van der Waals surface area contributed by atoms with Crippen LogP contribution in [0.2, 0.25) is 0 Å². The zero-order valence-corrected chi connectivity index (χ0v) is 14.0. The number of hydrogen-bond donors (Lipinski definition) is 0. The summed E-state index contributed by atoms with van der Waals surface area (Å²) >= 11 is 0. The molecule has 0 saturated carbocycles. The van der Waals surface area contributed by atoms with Gasteiger partial charge in [-0.1, -0.05) is 36.4 Å². The Morgan fingerprint density at radius 3 is 2.44 bits per heavy atom. The molecular weight excluding hydrogens is 327 g/mol. The lowest BCUT2D eigenvalue weighted by molar-refractivity contribution is -0.00410. The molecule has 1 fully saturated rings. The van der Waals surface area contributed by atoms with Crippen molar-refractivity contribution in [2.75, 3.05) is 13.1 Å². The Kier molecular flexibility index (Phi) is 6.10. The van der Waals surface area contributed by atoms with Crippen molar-refractivity contribution in [2.24, 2.45) is 0 Å². The van der Waals surface area contributed by atoms with Crippen molar-refractivity contribution in [3.8, 4) is 0 Å². The second-order valence-corrected chi connectivity index (χ2v) is 6.42. The molecule has 1 aliphatic rings. The molecule has 1 saturated heterocycles. The van der Waals surface area contributed by atoms with Gasteiger partial charge in [0.15, 0.2) is 0 Å². The number of piperidine rings is 1. The maximum absolute atomic E-state index is 13.9. The zero-order chi connectivity index (χ0) is 17.6. The Morgan fingerprint density at radius 1 is 1.04 bits per heavy atom. The number of rotatable bonds is 6. The molecule has 0 atom stereocenters. The molecule has 0 aromatic heterocycles. The lowest BCUT2D eigenvalue weighted by atomic mass is 10.1. The molecule has 1 heterocycles. The Balaban J connectivity index is 1.49. The highest BCUT2D eigenvalue weighted by atomic mass is 19.3. The number of halogens is 3. The van der Waals surface area contributed by atoms with Crippen LogP contribution in [-0.2, 0) is 17.9 Å². The summed E-state index contributed by atoms with van der Waals surface area (Å²) in [5.41, 5.74) is 1.36. The maximum Gasteiger partial charge on any atom is 0.263 e. The molecule has 0 radical (unpaired) electrons. The van der Waals surface area contributed by atoms with Gasteiger partial charge in [0.1, 0.15) is 5.82 Å². The van der Waals surface area contributed by atoms with Gasteiger partial charge in [-0.2, -0.15) is 0 Å². The van der Waals surface area contributed by atoms with Crippen LogP contribution in [-0.4, -0.2) is 24.1 Å². The topological polar surface area (TPSA) is 12.5 Å². The highest BCUT2D eigenvalue weighted by Crippen LogP contribution is 2.24. The van der Waals surface area contributed by atoms with Gasteiger partial charge in [0.25, 0.3) is 6.43 Å². The molecule has 0 unspecified atom stereocenters. The van der Waals surface area contributed by atoms with Gasteiger partial charge in [-0.3, -0.25) is 4.90 Å². The summed E-state index contributed by atoms with van der Waals surface area (Å²) in [6, 6.07) is 13.6. The van der Waals surface area contributed by atoms with Gasteiger partial charge in [0, 0.05) is 30.8 Å². The van der Waals surface area contributed by atoms with E-state index in [1.165, 1.54) is 6.07 Å². The molecule has 25 heavy (non-hydrogen) atoms. The standard InChI is InChI=1S/C20H22F3NO/c21-19-7-6-16(20(22)23)12-17(19)13-24-10-8-18(9-11-24)25-14-15-4-2-1-3-5-15/h1-7,12,18,20H,8-11,13-14H2. The first-order valence-corrected chi connectivity index (χ1v) is 8.56. The normalized spacial score (nSPS) is 16.5. The third-order valence-electron chi connectivity index (χ3n) is 4.58. The van der Waals surface area contributed by atoms with E-state index in [1.807, 2.05) is 30.3 Å². The van der Waals surface area contributed by atoms with Crippen molar-refractivity contribution in [2.45, 2.75) is 38.5 Å². The quantitative estimate of drug-likeness (QED) is 0.732. The Morgan fingerprint density at radius 2 is 1.76 bits per heavy atom. The van der Waals surface area contributed by atoms with E-state index < -0.39 is 12.2 Å². The van der Waals surface area contributed by atoms with Crippen LogP contribution in [0, 0.1) is 5.82 Å². The predicted octanol–water partition coefficient (Wildman–Crippen LogP) is 4.94. The average Bonchev–Trinajstić information content (AvgIpc) is 2.63. The van der Waals surface area contributed by atoms with Crippen LogP contribution < -0.4 is 0 Å². The number of nitrogens with zero attached hydrogens (tertiary/aromatic N) is 1. The first-order chi connectivity index (χ1) is 12.1. The molecule has 1 aliphatic heterocycles. The highest BCUT2D eigenvalue weighted by Gasteiger charge is 2.21. The molecule has 0 bridgehead atoms. The van der Waals surface area contributed by atoms with Crippen molar-refractivity contribution < 1.29 is 17.9 Å². The molecule has 134 valence electrons. The molecule has 3 rings (SSSR count). The minimum Gasteiger partial charge on any atom is -0.373 e. The van der Waals surface area contributed by atoms with Gasteiger partial charge in [-0.15, -0.1) is 0 Å². The minimum atomic E-state index is -2.57. The summed E-state index contributed by atoms with van der Waals surface area (Å²) in [4.78, 5) is 2.09. The number of likely N-dealkylation sites (tertiary alicyclic amines) is 1. The lowest BCUT2D eigenvalue weighted by Crippen LogP contribution is -2.36. The third-order valence-corrected chi connectivity index (χ3v) is 4.58. The van der Waals surface area contributed by atoms with Crippen LogP contribution in [0.1, 0.15) is 36.0 Å². The molecule has 0 N–H and O–H groups in total. The summed E-state index contributed by atoms with van der Waals surface area (Å²) in [6.45, 7) is 2.50. The summed E-state index contributed by atoms with van der Waals surface area (Å²) in [5.74, 6) is -0.424. The van der Waals surface area contributed by atoms with Gasteiger partial charge in [0.2, 0.25) is 0 Å². The van der Waals surface area contributed by atoms with Crippen LogP contribution >= 0.6 is 0 Å². The molecule has 2 aromatic carbocycles. The predicted molar refractivity (Wildman–Crippen MR) is 90.9 cm³/mol. The third kappa shape index (κ3) is 5.06. The van der Waals surface area contributed by atoms with E-state index in [0.717, 1.165) is 43.6 Å². The molecule has 0 amide bonds. The Bertz CT molecular complexity index is 670. The summed E-state index contributed by atoms with van der Waals surface area (Å²) in [5, 5.41) is 0. The van der Waals surface area contributed by atoms with Crippen LogP contribution in [0.3, 0.4) is 0 Å². The van der Waals surface area contributed by atoms with Crippen LogP contribution in [0.4, 0.5) is 13.2 Å². The van der Waals surface area contributed by atoms with Gasteiger partial charge in [0.05, 0.1) is 12.7 Å². The Hall–Kier alpha value is -1.85. The first kappa shape index (κ1) is 18.0.